The molecule has 0 aromatic rings. The second-order valence-corrected chi connectivity index (χ2v) is 7.36. The van der Waals surface area contributed by atoms with Crippen LogP contribution in [0.3, 0.4) is 0 Å². The summed E-state index contributed by atoms with van der Waals surface area (Å²) >= 11 is 2.02. The van der Waals surface area contributed by atoms with Crippen molar-refractivity contribution in [1.29, 1.82) is 0 Å². The van der Waals surface area contributed by atoms with Gasteiger partial charge in [-0.1, -0.05) is 12.8 Å². The first kappa shape index (κ1) is 13.0. The number of ether oxygens (including phenoxy) is 1. The van der Waals surface area contributed by atoms with E-state index in [-0.39, 0.29) is 5.60 Å². The van der Waals surface area contributed by atoms with Gasteiger partial charge in [0.1, 0.15) is 5.78 Å². The van der Waals surface area contributed by atoms with E-state index >= 15 is 0 Å². The predicted octanol–water partition coefficient (Wildman–Crippen LogP) is 3.44. The van der Waals surface area contributed by atoms with Gasteiger partial charge in [0.15, 0.2) is 0 Å². The van der Waals surface area contributed by atoms with Gasteiger partial charge in [0, 0.05) is 24.7 Å². The van der Waals surface area contributed by atoms with Crippen LogP contribution in [0.4, 0.5) is 0 Å². The van der Waals surface area contributed by atoms with Crippen molar-refractivity contribution < 1.29 is 9.53 Å². The Labute approximate surface area is 114 Å². The molecule has 1 saturated carbocycles. The van der Waals surface area contributed by atoms with E-state index in [0.717, 1.165) is 44.5 Å². The van der Waals surface area contributed by atoms with Crippen molar-refractivity contribution in [3.63, 3.8) is 0 Å². The zero-order chi connectivity index (χ0) is 12.4. The van der Waals surface area contributed by atoms with Gasteiger partial charge in [0.2, 0.25) is 0 Å². The number of rotatable bonds is 1. The highest BCUT2D eigenvalue weighted by Gasteiger charge is 2.43. The van der Waals surface area contributed by atoms with Crippen LogP contribution in [-0.4, -0.2) is 29.5 Å². The number of carbonyl (C=O) groups excluding carboxylic acids is 1. The minimum absolute atomic E-state index is 0.139. The molecule has 2 saturated heterocycles. The van der Waals surface area contributed by atoms with Crippen molar-refractivity contribution in [1.82, 2.24) is 0 Å². The molecule has 2 heterocycles. The molecule has 0 bridgehead atoms. The second kappa shape index (κ2) is 5.54. The molecule has 3 atom stereocenters. The summed E-state index contributed by atoms with van der Waals surface area (Å²) in [4.78, 5) is 12.3. The highest BCUT2D eigenvalue weighted by molar-refractivity contribution is 7.99. The summed E-state index contributed by atoms with van der Waals surface area (Å²) in [6.07, 6.45) is 9.09. The lowest BCUT2D eigenvalue weighted by atomic mass is 9.75. The molecule has 102 valence electrons. The smallest absolute Gasteiger partial charge is 0.136 e. The maximum Gasteiger partial charge on any atom is 0.136 e. The van der Waals surface area contributed by atoms with Crippen LogP contribution in [-0.2, 0) is 9.53 Å². The van der Waals surface area contributed by atoms with E-state index in [1.54, 1.807) is 0 Å². The zero-order valence-electron chi connectivity index (χ0n) is 11.2. The molecule has 0 radical (unpaired) electrons. The Morgan fingerprint density at radius 3 is 3.00 bits per heavy atom. The highest BCUT2D eigenvalue weighted by Crippen LogP contribution is 2.44. The normalized spacial score (nSPS) is 42.1. The average molecular weight is 268 g/mol. The largest absolute Gasteiger partial charge is 0.374 e. The number of thioether (sulfide) groups is 1. The van der Waals surface area contributed by atoms with Crippen molar-refractivity contribution in [2.24, 2.45) is 11.8 Å². The third-order valence-electron chi connectivity index (χ3n) is 5.02. The summed E-state index contributed by atoms with van der Waals surface area (Å²) in [5.41, 5.74) is 0.139. The Kier molecular flexibility index (Phi) is 4.00. The number of hydrogen-bond acceptors (Lipinski definition) is 3. The maximum absolute atomic E-state index is 12.3. The van der Waals surface area contributed by atoms with Crippen molar-refractivity contribution in [3.05, 3.63) is 0 Å². The Bertz CT molecular complexity index is 310. The number of ketones is 1. The SMILES string of the molecule is O=C1CCCCCC1C1CCOC2(CCSC2)C1. The Hall–Kier alpha value is -0.0200. The first-order valence-corrected chi connectivity index (χ1v) is 8.69. The molecule has 0 aromatic heterocycles. The molecule has 2 aliphatic heterocycles. The van der Waals surface area contributed by atoms with Crippen LogP contribution in [0.25, 0.3) is 0 Å². The first-order chi connectivity index (χ1) is 8.79. The van der Waals surface area contributed by atoms with E-state index in [1.807, 2.05) is 11.8 Å². The maximum atomic E-state index is 12.3. The molecule has 3 aliphatic rings. The quantitative estimate of drug-likeness (QED) is 0.681. The van der Waals surface area contributed by atoms with Crippen molar-refractivity contribution in [3.8, 4) is 0 Å². The topological polar surface area (TPSA) is 26.3 Å². The molecular formula is C15H24O2S. The molecule has 3 unspecified atom stereocenters. The van der Waals surface area contributed by atoms with Gasteiger partial charge in [0.25, 0.3) is 0 Å². The number of Topliss-reactive ketones (excluding diaryl/α,β-unsaturated/α-hetero) is 1. The third kappa shape index (κ3) is 2.62. The monoisotopic (exact) mass is 268 g/mol. The summed E-state index contributed by atoms with van der Waals surface area (Å²) in [7, 11) is 0. The van der Waals surface area contributed by atoms with E-state index in [0.29, 0.717) is 17.6 Å². The lowest BCUT2D eigenvalue weighted by Gasteiger charge is -2.40. The van der Waals surface area contributed by atoms with Crippen LogP contribution in [0.2, 0.25) is 0 Å². The standard InChI is InChI=1S/C15H24O2S/c16-14-5-3-1-2-4-13(14)12-6-8-17-15(10-12)7-9-18-11-15/h12-13H,1-11H2. The van der Waals surface area contributed by atoms with Crippen LogP contribution in [0.15, 0.2) is 0 Å². The Morgan fingerprint density at radius 2 is 2.17 bits per heavy atom. The summed E-state index contributed by atoms with van der Waals surface area (Å²) in [5.74, 6) is 3.93. The van der Waals surface area contributed by atoms with Gasteiger partial charge in [0.05, 0.1) is 5.60 Å². The van der Waals surface area contributed by atoms with Gasteiger partial charge in [-0.25, -0.2) is 0 Å². The third-order valence-corrected chi connectivity index (χ3v) is 6.24. The fourth-order valence-electron chi connectivity index (χ4n) is 3.96. The molecule has 3 fully saturated rings. The lowest BCUT2D eigenvalue weighted by Crippen LogP contribution is -2.43. The molecule has 0 aromatic carbocycles. The van der Waals surface area contributed by atoms with Crippen LogP contribution in [0, 0.1) is 11.8 Å². The number of hydrogen-bond donors (Lipinski definition) is 0. The van der Waals surface area contributed by atoms with E-state index in [4.69, 9.17) is 4.74 Å². The van der Waals surface area contributed by atoms with Crippen LogP contribution in [0.5, 0.6) is 0 Å². The van der Waals surface area contributed by atoms with E-state index in [9.17, 15) is 4.79 Å². The molecule has 0 N–H and O–H groups in total. The van der Waals surface area contributed by atoms with E-state index < -0.39 is 0 Å². The van der Waals surface area contributed by atoms with Crippen LogP contribution < -0.4 is 0 Å². The molecular weight excluding hydrogens is 244 g/mol. The van der Waals surface area contributed by atoms with Gasteiger partial charge in [-0.2, -0.15) is 11.8 Å². The number of carbonyl (C=O) groups is 1. The lowest BCUT2D eigenvalue weighted by molar-refractivity contribution is -0.130. The van der Waals surface area contributed by atoms with Crippen molar-refractivity contribution >= 4 is 17.5 Å². The summed E-state index contributed by atoms with van der Waals surface area (Å²) in [6.45, 7) is 0.884. The molecule has 1 aliphatic carbocycles. The van der Waals surface area contributed by atoms with Gasteiger partial charge >= 0.3 is 0 Å². The van der Waals surface area contributed by atoms with Crippen LogP contribution >= 0.6 is 11.8 Å². The van der Waals surface area contributed by atoms with Crippen LogP contribution in [0.1, 0.15) is 51.4 Å². The minimum atomic E-state index is 0.139. The molecule has 0 amide bonds. The highest BCUT2D eigenvalue weighted by atomic mass is 32.2. The molecule has 3 heteroatoms. The fourth-order valence-corrected chi connectivity index (χ4v) is 5.34. The van der Waals surface area contributed by atoms with Gasteiger partial charge in [-0.15, -0.1) is 0 Å². The molecule has 2 nitrogen and oxygen atoms in total. The summed E-state index contributed by atoms with van der Waals surface area (Å²) in [5, 5.41) is 0. The van der Waals surface area contributed by atoms with Gasteiger partial charge < -0.3 is 4.74 Å². The van der Waals surface area contributed by atoms with Crippen molar-refractivity contribution in [2.75, 3.05) is 18.1 Å². The van der Waals surface area contributed by atoms with Crippen molar-refractivity contribution in [2.45, 2.75) is 57.0 Å². The Morgan fingerprint density at radius 1 is 1.22 bits per heavy atom. The van der Waals surface area contributed by atoms with Gasteiger partial charge in [-0.05, 0) is 43.8 Å². The predicted molar refractivity (Wildman–Crippen MR) is 74.9 cm³/mol. The fraction of sp³-hybridized carbons (Fsp3) is 0.933. The van der Waals surface area contributed by atoms with E-state index in [1.165, 1.54) is 25.0 Å². The molecule has 1 spiro atoms. The average Bonchev–Trinajstić information content (AvgIpc) is 2.70. The summed E-state index contributed by atoms with van der Waals surface area (Å²) < 4.78 is 6.08. The second-order valence-electron chi connectivity index (χ2n) is 6.26. The molecule has 3 rings (SSSR count). The van der Waals surface area contributed by atoms with E-state index in [2.05, 4.69) is 0 Å². The summed E-state index contributed by atoms with van der Waals surface area (Å²) in [6, 6.07) is 0. The minimum Gasteiger partial charge on any atom is -0.374 e. The molecule has 18 heavy (non-hydrogen) atoms. The zero-order valence-corrected chi connectivity index (χ0v) is 12.0. The Balaban J connectivity index is 1.68. The van der Waals surface area contributed by atoms with Gasteiger partial charge in [-0.3, -0.25) is 4.79 Å². The first-order valence-electron chi connectivity index (χ1n) is 7.54.